The Morgan fingerprint density at radius 2 is 2.00 bits per heavy atom. The third kappa shape index (κ3) is 2.35. The van der Waals surface area contributed by atoms with Crippen LogP contribution in [-0.4, -0.2) is 50.1 Å². The van der Waals surface area contributed by atoms with E-state index in [1.807, 2.05) is 0 Å². The molecule has 5 atom stereocenters. The highest BCUT2D eigenvalue weighted by molar-refractivity contribution is 7.92. The van der Waals surface area contributed by atoms with E-state index in [2.05, 4.69) is 5.32 Å². The average Bonchev–Trinajstić information content (AvgIpc) is 2.43. The number of ether oxygens (including phenoxy) is 1. The number of carbonyl (C=O) groups excluding carboxylic acids is 1. The number of fused-ring (bicyclic) bond motifs is 1. The molecule has 0 radical (unpaired) electrons. The van der Waals surface area contributed by atoms with Gasteiger partial charge in [0.15, 0.2) is 9.84 Å². The van der Waals surface area contributed by atoms with Crippen LogP contribution in [0, 0.1) is 5.92 Å². The summed E-state index contributed by atoms with van der Waals surface area (Å²) in [5.41, 5.74) is 6.08. The number of nitrogens with two attached hydrogens (primary N) is 1. The number of hydrogen-bond acceptors (Lipinski definition) is 5. The second-order valence-corrected chi connectivity index (χ2v) is 8.41. The second-order valence-electron chi connectivity index (χ2n) is 6.10. The Morgan fingerprint density at radius 3 is 2.75 bits per heavy atom. The van der Waals surface area contributed by atoms with Gasteiger partial charge >= 0.3 is 0 Å². The van der Waals surface area contributed by atoms with Crippen molar-refractivity contribution in [3.05, 3.63) is 0 Å². The Labute approximate surface area is 119 Å². The van der Waals surface area contributed by atoms with Gasteiger partial charge in [-0.05, 0) is 25.7 Å². The molecule has 3 fully saturated rings. The summed E-state index contributed by atoms with van der Waals surface area (Å²) < 4.78 is 29.6. The minimum atomic E-state index is -3.29. The van der Waals surface area contributed by atoms with Crippen LogP contribution in [0.3, 0.4) is 0 Å². The molecule has 3 N–H and O–H groups in total. The van der Waals surface area contributed by atoms with Gasteiger partial charge in [-0.3, -0.25) is 4.79 Å². The first-order valence-electron chi connectivity index (χ1n) is 7.40. The van der Waals surface area contributed by atoms with Gasteiger partial charge in [-0.1, -0.05) is 6.42 Å². The maximum atomic E-state index is 12.2. The molecule has 3 aliphatic rings. The fourth-order valence-corrected chi connectivity index (χ4v) is 5.44. The molecule has 6 nitrogen and oxygen atoms in total. The van der Waals surface area contributed by atoms with Gasteiger partial charge in [0.1, 0.15) is 5.25 Å². The third-order valence-electron chi connectivity index (χ3n) is 4.86. The molecular formula is C13H22N2O4S. The van der Waals surface area contributed by atoms with Crippen molar-refractivity contribution in [3.63, 3.8) is 0 Å². The maximum absolute atomic E-state index is 12.2. The highest BCUT2D eigenvalue weighted by atomic mass is 32.2. The Hall–Kier alpha value is -0.660. The van der Waals surface area contributed by atoms with Gasteiger partial charge in [-0.15, -0.1) is 0 Å². The van der Waals surface area contributed by atoms with E-state index in [4.69, 9.17) is 10.5 Å². The highest BCUT2D eigenvalue weighted by Gasteiger charge is 2.52. The Kier molecular flexibility index (Phi) is 3.77. The van der Waals surface area contributed by atoms with Crippen molar-refractivity contribution < 1.29 is 17.9 Å². The summed E-state index contributed by atoms with van der Waals surface area (Å²) in [5, 5.41) is 1.93. The van der Waals surface area contributed by atoms with E-state index in [0.717, 1.165) is 19.3 Å². The number of carbonyl (C=O) groups is 1. The zero-order valence-corrected chi connectivity index (χ0v) is 12.3. The fourth-order valence-electron chi connectivity index (χ4n) is 3.63. The lowest BCUT2D eigenvalue weighted by atomic mass is 9.68. The molecule has 5 unspecified atom stereocenters. The summed E-state index contributed by atoms with van der Waals surface area (Å²) in [5.74, 6) is 0.0273. The van der Waals surface area contributed by atoms with Crippen molar-refractivity contribution in [1.82, 2.24) is 5.32 Å². The molecule has 2 aliphatic heterocycles. The Morgan fingerprint density at radius 1 is 1.20 bits per heavy atom. The van der Waals surface area contributed by atoms with Crippen LogP contribution >= 0.6 is 0 Å². The predicted octanol–water partition coefficient (Wildman–Crippen LogP) is -0.425. The summed E-state index contributed by atoms with van der Waals surface area (Å²) >= 11 is 0. The van der Waals surface area contributed by atoms with Crippen molar-refractivity contribution in [2.24, 2.45) is 11.7 Å². The topological polar surface area (TPSA) is 98.5 Å². The molecule has 1 amide bonds. The van der Waals surface area contributed by atoms with Crippen molar-refractivity contribution in [3.8, 4) is 0 Å². The van der Waals surface area contributed by atoms with Crippen LogP contribution in [0.1, 0.15) is 32.1 Å². The highest BCUT2D eigenvalue weighted by Crippen LogP contribution is 2.37. The monoisotopic (exact) mass is 302 g/mol. The first-order chi connectivity index (χ1) is 9.50. The van der Waals surface area contributed by atoms with E-state index in [0.29, 0.717) is 25.4 Å². The van der Waals surface area contributed by atoms with E-state index in [9.17, 15) is 13.2 Å². The molecule has 0 bridgehead atoms. The maximum Gasteiger partial charge on any atom is 0.238 e. The SMILES string of the molecule is NC1C2CCCOC2C1NC(=O)C1CCCCS1(=O)=O. The fraction of sp³-hybridized carbons (Fsp3) is 0.923. The smallest absolute Gasteiger partial charge is 0.238 e. The largest absolute Gasteiger partial charge is 0.376 e. The van der Waals surface area contributed by atoms with Crippen molar-refractivity contribution >= 4 is 15.7 Å². The zero-order chi connectivity index (χ0) is 14.3. The van der Waals surface area contributed by atoms with Crippen LogP contribution in [0.25, 0.3) is 0 Å². The van der Waals surface area contributed by atoms with E-state index in [-0.39, 0.29) is 23.9 Å². The quantitative estimate of drug-likeness (QED) is 0.721. The van der Waals surface area contributed by atoms with Crippen LogP contribution in [0.5, 0.6) is 0 Å². The normalized spacial score (nSPS) is 43.1. The van der Waals surface area contributed by atoms with Crippen LogP contribution < -0.4 is 11.1 Å². The third-order valence-corrected chi connectivity index (χ3v) is 7.03. The molecule has 114 valence electrons. The van der Waals surface area contributed by atoms with Crippen molar-refractivity contribution in [2.45, 2.75) is 55.5 Å². The lowest BCUT2D eigenvalue weighted by Crippen LogP contribution is -2.72. The molecular weight excluding hydrogens is 280 g/mol. The van der Waals surface area contributed by atoms with Gasteiger partial charge in [-0.25, -0.2) is 8.42 Å². The minimum absolute atomic E-state index is 0.0333. The molecule has 3 rings (SSSR count). The van der Waals surface area contributed by atoms with Crippen molar-refractivity contribution in [1.29, 1.82) is 0 Å². The van der Waals surface area contributed by atoms with E-state index in [1.54, 1.807) is 0 Å². The molecule has 1 saturated carbocycles. The van der Waals surface area contributed by atoms with Crippen molar-refractivity contribution in [2.75, 3.05) is 12.4 Å². The average molecular weight is 302 g/mol. The number of nitrogens with one attached hydrogen (secondary N) is 1. The lowest BCUT2D eigenvalue weighted by molar-refractivity contribution is -0.139. The molecule has 0 aromatic heterocycles. The number of amides is 1. The van der Waals surface area contributed by atoms with Crippen LogP contribution in [0.15, 0.2) is 0 Å². The molecule has 0 aromatic carbocycles. The molecule has 2 heterocycles. The molecule has 20 heavy (non-hydrogen) atoms. The first-order valence-corrected chi connectivity index (χ1v) is 9.11. The van der Waals surface area contributed by atoms with Gasteiger partial charge in [0.2, 0.25) is 5.91 Å². The molecule has 2 saturated heterocycles. The summed E-state index contributed by atoms with van der Waals surface area (Å²) in [6, 6.07) is -0.347. The van der Waals surface area contributed by atoms with Crippen LogP contribution in [0.4, 0.5) is 0 Å². The summed E-state index contributed by atoms with van der Waals surface area (Å²) in [7, 11) is -3.29. The van der Waals surface area contributed by atoms with Gasteiger partial charge in [0.05, 0.1) is 17.9 Å². The van der Waals surface area contributed by atoms with Gasteiger partial charge in [-0.2, -0.15) is 0 Å². The predicted molar refractivity (Wildman–Crippen MR) is 73.8 cm³/mol. The summed E-state index contributed by atoms with van der Waals surface area (Å²) in [6.07, 6.45) is 3.87. The standard InChI is InChI=1S/C13H22N2O4S/c14-10-8-4-3-6-19-12(8)11(10)15-13(16)9-5-1-2-7-20(9,17)18/h8-12H,1-7,14H2,(H,15,16). The van der Waals surface area contributed by atoms with Gasteiger partial charge in [0.25, 0.3) is 0 Å². The molecule has 1 aliphatic carbocycles. The first kappa shape index (κ1) is 14.3. The van der Waals surface area contributed by atoms with Crippen LogP contribution in [-0.2, 0) is 19.4 Å². The van der Waals surface area contributed by atoms with Gasteiger partial charge < -0.3 is 15.8 Å². The number of hydrogen-bond donors (Lipinski definition) is 2. The lowest BCUT2D eigenvalue weighted by Gasteiger charge is -2.52. The second kappa shape index (κ2) is 5.27. The van der Waals surface area contributed by atoms with Crippen LogP contribution in [0.2, 0.25) is 0 Å². The zero-order valence-electron chi connectivity index (χ0n) is 11.5. The minimum Gasteiger partial charge on any atom is -0.376 e. The van der Waals surface area contributed by atoms with E-state index >= 15 is 0 Å². The van der Waals surface area contributed by atoms with E-state index in [1.165, 1.54) is 0 Å². The van der Waals surface area contributed by atoms with Gasteiger partial charge in [0, 0.05) is 18.6 Å². The Balaban J connectivity index is 1.64. The summed E-state index contributed by atoms with van der Waals surface area (Å²) in [4.78, 5) is 12.2. The number of sulfone groups is 1. The summed E-state index contributed by atoms with van der Waals surface area (Å²) in [6.45, 7) is 0.696. The molecule has 0 aromatic rings. The van der Waals surface area contributed by atoms with E-state index < -0.39 is 21.0 Å². The number of rotatable bonds is 2. The molecule has 7 heteroatoms. The Bertz CT molecular complexity index is 493. The molecule has 0 spiro atoms.